The first-order valence-corrected chi connectivity index (χ1v) is 9.11. The van der Waals surface area contributed by atoms with Gasteiger partial charge in [-0.05, 0) is 25.3 Å². The summed E-state index contributed by atoms with van der Waals surface area (Å²) < 4.78 is 0. The van der Waals surface area contributed by atoms with E-state index in [4.69, 9.17) is 0 Å². The van der Waals surface area contributed by atoms with E-state index in [0.717, 1.165) is 32.5 Å². The Morgan fingerprint density at radius 2 is 1.92 bits per heavy atom. The van der Waals surface area contributed by atoms with Gasteiger partial charge in [0.15, 0.2) is 0 Å². The number of benzene rings is 1. The van der Waals surface area contributed by atoms with Crippen LogP contribution in [0.4, 0.5) is 5.95 Å². The molecule has 6 heteroatoms. The van der Waals surface area contributed by atoms with Gasteiger partial charge in [-0.3, -0.25) is 9.69 Å². The summed E-state index contributed by atoms with van der Waals surface area (Å²) in [5.41, 5.74) is 2.61. The van der Waals surface area contributed by atoms with Crippen LogP contribution in [0.15, 0.2) is 36.5 Å². The Hall–Kier alpha value is -2.47. The smallest absolute Gasteiger partial charge is 0.254 e. The normalized spacial score (nSPS) is 15.7. The van der Waals surface area contributed by atoms with E-state index in [1.807, 2.05) is 32.0 Å². The number of hydrogen-bond acceptors (Lipinski definition) is 5. The van der Waals surface area contributed by atoms with Crippen molar-refractivity contribution in [3.8, 4) is 0 Å². The second-order valence-electron chi connectivity index (χ2n) is 7.07. The fourth-order valence-corrected chi connectivity index (χ4v) is 3.23. The molecule has 1 saturated heterocycles. The number of likely N-dealkylation sites (tertiary alicyclic amines) is 1. The molecule has 1 amide bonds. The number of nitrogens with zero attached hydrogens (tertiary/aromatic N) is 4. The topological polar surface area (TPSA) is 61.4 Å². The summed E-state index contributed by atoms with van der Waals surface area (Å²) in [7, 11) is 3.77. The zero-order chi connectivity index (χ0) is 18.5. The number of piperidine rings is 1. The van der Waals surface area contributed by atoms with Crippen molar-refractivity contribution in [3.05, 3.63) is 53.3 Å². The summed E-state index contributed by atoms with van der Waals surface area (Å²) in [5.74, 6) is 0.544. The molecule has 1 fully saturated rings. The van der Waals surface area contributed by atoms with Crippen LogP contribution in [-0.4, -0.2) is 54.0 Å². The van der Waals surface area contributed by atoms with Crippen LogP contribution in [0, 0.1) is 6.92 Å². The predicted octanol–water partition coefficient (Wildman–Crippen LogP) is 2.25. The highest BCUT2D eigenvalue weighted by Crippen LogP contribution is 2.15. The minimum Gasteiger partial charge on any atom is -0.349 e. The summed E-state index contributed by atoms with van der Waals surface area (Å²) in [4.78, 5) is 25.5. The van der Waals surface area contributed by atoms with E-state index in [-0.39, 0.29) is 11.9 Å². The van der Waals surface area contributed by atoms with E-state index in [9.17, 15) is 4.79 Å². The Morgan fingerprint density at radius 3 is 2.54 bits per heavy atom. The van der Waals surface area contributed by atoms with Gasteiger partial charge in [0.1, 0.15) is 0 Å². The SMILES string of the molecule is Cc1nc(N(C)C)ncc1C(=O)NC1CCN(Cc2ccccc2)CC1. The van der Waals surface area contributed by atoms with Crippen LogP contribution in [0.2, 0.25) is 0 Å². The predicted molar refractivity (Wildman–Crippen MR) is 103 cm³/mol. The molecule has 0 unspecified atom stereocenters. The van der Waals surface area contributed by atoms with Crippen molar-refractivity contribution < 1.29 is 4.79 Å². The van der Waals surface area contributed by atoms with Gasteiger partial charge in [0.25, 0.3) is 5.91 Å². The third kappa shape index (κ3) is 4.58. The maximum absolute atomic E-state index is 12.6. The Balaban J connectivity index is 1.52. The molecule has 1 aromatic heterocycles. The van der Waals surface area contributed by atoms with Gasteiger partial charge in [-0.15, -0.1) is 0 Å². The number of nitrogens with one attached hydrogen (secondary N) is 1. The second kappa shape index (κ2) is 8.27. The van der Waals surface area contributed by atoms with E-state index in [1.165, 1.54) is 5.56 Å². The second-order valence-corrected chi connectivity index (χ2v) is 7.07. The number of amides is 1. The van der Waals surface area contributed by atoms with Gasteiger partial charge in [0, 0.05) is 46.0 Å². The maximum Gasteiger partial charge on any atom is 0.254 e. The average Bonchev–Trinajstić information content (AvgIpc) is 2.64. The van der Waals surface area contributed by atoms with E-state index in [0.29, 0.717) is 17.2 Å². The lowest BCUT2D eigenvalue weighted by Gasteiger charge is -2.32. The zero-order valence-corrected chi connectivity index (χ0v) is 15.8. The van der Waals surface area contributed by atoms with Gasteiger partial charge in [-0.25, -0.2) is 9.97 Å². The molecule has 0 bridgehead atoms. The molecule has 0 atom stereocenters. The average molecular weight is 353 g/mol. The van der Waals surface area contributed by atoms with Gasteiger partial charge in [-0.1, -0.05) is 30.3 Å². The third-order valence-corrected chi connectivity index (χ3v) is 4.78. The fourth-order valence-electron chi connectivity index (χ4n) is 3.23. The Kier molecular flexibility index (Phi) is 5.83. The number of aromatic nitrogens is 2. The number of hydrogen-bond donors (Lipinski definition) is 1. The van der Waals surface area contributed by atoms with Crippen molar-refractivity contribution in [1.29, 1.82) is 0 Å². The largest absolute Gasteiger partial charge is 0.349 e. The van der Waals surface area contributed by atoms with Crippen LogP contribution in [0.1, 0.15) is 34.5 Å². The molecule has 1 N–H and O–H groups in total. The molecule has 0 aliphatic carbocycles. The van der Waals surface area contributed by atoms with Crippen molar-refractivity contribution in [2.45, 2.75) is 32.4 Å². The van der Waals surface area contributed by atoms with Gasteiger partial charge in [0.2, 0.25) is 5.95 Å². The molecular weight excluding hydrogens is 326 g/mol. The van der Waals surface area contributed by atoms with E-state index in [1.54, 1.807) is 6.20 Å². The molecule has 26 heavy (non-hydrogen) atoms. The Labute approximate surface area is 155 Å². The Morgan fingerprint density at radius 1 is 1.23 bits per heavy atom. The minimum atomic E-state index is -0.0747. The summed E-state index contributed by atoms with van der Waals surface area (Å²) in [6.45, 7) is 4.82. The van der Waals surface area contributed by atoms with Crippen molar-refractivity contribution in [3.63, 3.8) is 0 Å². The van der Waals surface area contributed by atoms with E-state index in [2.05, 4.69) is 44.5 Å². The monoisotopic (exact) mass is 353 g/mol. The van der Waals surface area contributed by atoms with E-state index >= 15 is 0 Å². The highest BCUT2D eigenvalue weighted by molar-refractivity contribution is 5.95. The Bertz CT molecular complexity index is 739. The molecule has 2 aromatic rings. The molecule has 0 spiro atoms. The molecule has 0 saturated carbocycles. The summed E-state index contributed by atoms with van der Waals surface area (Å²) in [6.07, 6.45) is 3.56. The molecular formula is C20H27N5O. The van der Waals surface area contributed by atoms with Crippen LogP contribution in [0.3, 0.4) is 0 Å². The van der Waals surface area contributed by atoms with Crippen LogP contribution < -0.4 is 10.2 Å². The van der Waals surface area contributed by atoms with Crippen molar-refractivity contribution in [1.82, 2.24) is 20.2 Å². The molecule has 1 aliphatic rings. The van der Waals surface area contributed by atoms with E-state index < -0.39 is 0 Å². The summed E-state index contributed by atoms with van der Waals surface area (Å²) in [6, 6.07) is 10.7. The third-order valence-electron chi connectivity index (χ3n) is 4.78. The highest BCUT2D eigenvalue weighted by atomic mass is 16.1. The molecule has 6 nitrogen and oxygen atoms in total. The number of carbonyl (C=O) groups is 1. The molecule has 138 valence electrons. The lowest BCUT2D eigenvalue weighted by molar-refractivity contribution is 0.0907. The number of aryl methyl sites for hydroxylation is 1. The van der Waals surface area contributed by atoms with Crippen LogP contribution >= 0.6 is 0 Å². The van der Waals surface area contributed by atoms with Gasteiger partial charge in [-0.2, -0.15) is 0 Å². The summed E-state index contributed by atoms with van der Waals surface area (Å²) >= 11 is 0. The summed E-state index contributed by atoms with van der Waals surface area (Å²) in [5, 5.41) is 3.15. The van der Waals surface area contributed by atoms with Crippen molar-refractivity contribution in [2.75, 3.05) is 32.1 Å². The van der Waals surface area contributed by atoms with Crippen LogP contribution in [0.5, 0.6) is 0 Å². The molecule has 0 radical (unpaired) electrons. The van der Waals surface area contributed by atoms with Gasteiger partial charge >= 0.3 is 0 Å². The van der Waals surface area contributed by atoms with Crippen LogP contribution in [0.25, 0.3) is 0 Å². The molecule has 3 rings (SSSR count). The molecule has 2 heterocycles. The van der Waals surface area contributed by atoms with Crippen molar-refractivity contribution >= 4 is 11.9 Å². The fraction of sp³-hybridized carbons (Fsp3) is 0.450. The van der Waals surface area contributed by atoms with Crippen molar-refractivity contribution in [2.24, 2.45) is 0 Å². The molecule has 1 aliphatic heterocycles. The number of carbonyl (C=O) groups excluding carboxylic acids is 1. The minimum absolute atomic E-state index is 0.0747. The maximum atomic E-state index is 12.6. The standard InChI is InChI=1S/C20H27N5O/c1-15-18(13-21-20(22-15)24(2)3)19(26)23-17-9-11-25(12-10-17)14-16-7-5-4-6-8-16/h4-8,13,17H,9-12,14H2,1-3H3,(H,23,26). The zero-order valence-electron chi connectivity index (χ0n) is 15.8. The number of rotatable bonds is 5. The first-order valence-electron chi connectivity index (χ1n) is 9.11. The van der Waals surface area contributed by atoms with Gasteiger partial charge < -0.3 is 10.2 Å². The quantitative estimate of drug-likeness (QED) is 0.893. The molecule has 1 aromatic carbocycles. The van der Waals surface area contributed by atoms with Gasteiger partial charge in [0.05, 0.1) is 11.3 Å². The number of anilines is 1. The lowest BCUT2D eigenvalue weighted by Crippen LogP contribution is -2.44. The van der Waals surface area contributed by atoms with Crippen LogP contribution in [-0.2, 0) is 6.54 Å². The highest BCUT2D eigenvalue weighted by Gasteiger charge is 2.22. The lowest BCUT2D eigenvalue weighted by atomic mass is 10.0. The first kappa shape index (κ1) is 18.3. The first-order chi connectivity index (χ1) is 12.5.